The summed E-state index contributed by atoms with van der Waals surface area (Å²) in [5.41, 5.74) is -0.226. The summed E-state index contributed by atoms with van der Waals surface area (Å²) >= 11 is 4.91. The van der Waals surface area contributed by atoms with Gasteiger partial charge in [-0.1, -0.05) is 12.2 Å². The number of halogens is 2. The van der Waals surface area contributed by atoms with Crippen LogP contribution < -0.4 is 15.1 Å². The van der Waals surface area contributed by atoms with Crippen LogP contribution in [0.1, 0.15) is 13.3 Å². The number of rotatable bonds is 4. The molecule has 11 heteroatoms. The standard InChI is InChI=1S/C17H21F2N3O4S2/c1-11(27)20-9-13-10-22(17(23)26-13)12-7-14(18)16(15(19)8-12)21-3-2-5-28(24,25)6-4-21/h7-8,13H,2-6,9-10H2,1H3,(H,20,27)/t13-/m0/s1. The van der Waals surface area contributed by atoms with Gasteiger partial charge in [0.15, 0.2) is 21.5 Å². The van der Waals surface area contributed by atoms with Crippen molar-refractivity contribution in [2.45, 2.75) is 19.4 Å². The van der Waals surface area contributed by atoms with E-state index in [1.807, 2.05) is 0 Å². The van der Waals surface area contributed by atoms with Crippen molar-refractivity contribution in [1.82, 2.24) is 5.32 Å². The Labute approximate surface area is 167 Å². The molecule has 1 amide bonds. The van der Waals surface area contributed by atoms with Crippen molar-refractivity contribution >= 4 is 44.5 Å². The highest BCUT2D eigenvalue weighted by Gasteiger charge is 2.34. The van der Waals surface area contributed by atoms with Crippen LogP contribution in [0.3, 0.4) is 0 Å². The molecule has 2 fully saturated rings. The average molecular weight is 434 g/mol. The van der Waals surface area contributed by atoms with Crippen molar-refractivity contribution in [3.63, 3.8) is 0 Å². The summed E-state index contributed by atoms with van der Waals surface area (Å²) in [7, 11) is -3.20. The second kappa shape index (κ2) is 8.16. The number of nitrogens with one attached hydrogen (secondary N) is 1. The van der Waals surface area contributed by atoms with Gasteiger partial charge in [0.1, 0.15) is 11.8 Å². The van der Waals surface area contributed by atoms with Crippen LogP contribution in [0.5, 0.6) is 0 Å². The smallest absolute Gasteiger partial charge is 0.414 e. The first-order valence-corrected chi connectivity index (χ1v) is 11.1. The molecule has 2 saturated heterocycles. The van der Waals surface area contributed by atoms with Crippen LogP contribution in [0.4, 0.5) is 25.0 Å². The van der Waals surface area contributed by atoms with E-state index in [0.29, 0.717) is 18.0 Å². The Kier molecular flexibility index (Phi) is 6.04. The first kappa shape index (κ1) is 20.7. The molecular weight excluding hydrogens is 412 g/mol. The molecule has 0 aromatic heterocycles. The lowest BCUT2D eigenvalue weighted by Gasteiger charge is -2.24. The van der Waals surface area contributed by atoms with Gasteiger partial charge in [0.25, 0.3) is 0 Å². The number of hydrogen-bond acceptors (Lipinski definition) is 6. The van der Waals surface area contributed by atoms with Crippen LogP contribution in [-0.4, -0.2) is 63.3 Å². The highest BCUT2D eigenvalue weighted by atomic mass is 32.2. The first-order chi connectivity index (χ1) is 13.2. The number of hydrogen-bond donors (Lipinski definition) is 1. The van der Waals surface area contributed by atoms with Crippen molar-refractivity contribution in [2.75, 3.05) is 47.5 Å². The van der Waals surface area contributed by atoms with Crippen LogP contribution >= 0.6 is 12.2 Å². The van der Waals surface area contributed by atoms with Gasteiger partial charge in [0.05, 0.1) is 35.3 Å². The van der Waals surface area contributed by atoms with E-state index in [1.54, 1.807) is 6.92 Å². The average Bonchev–Trinajstić information content (AvgIpc) is 2.87. The molecule has 3 rings (SSSR count). The van der Waals surface area contributed by atoms with Gasteiger partial charge in [-0.25, -0.2) is 22.0 Å². The molecule has 154 valence electrons. The lowest BCUT2D eigenvalue weighted by atomic mass is 10.2. The fraction of sp³-hybridized carbons (Fsp3) is 0.529. The molecule has 0 bridgehead atoms. The van der Waals surface area contributed by atoms with Gasteiger partial charge in [0.2, 0.25) is 0 Å². The van der Waals surface area contributed by atoms with Crippen LogP contribution in [0.2, 0.25) is 0 Å². The number of ether oxygens (including phenoxy) is 1. The molecule has 0 saturated carbocycles. The Bertz CT molecular complexity index is 871. The summed E-state index contributed by atoms with van der Waals surface area (Å²) in [5.74, 6) is -1.85. The largest absolute Gasteiger partial charge is 0.442 e. The minimum Gasteiger partial charge on any atom is -0.442 e. The molecule has 0 spiro atoms. The van der Waals surface area contributed by atoms with Crippen LogP contribution in [0.15, 0.2) is 12.1 Å². The van der Waals surface area contributed by atoms with Crippen molar-refractivity contribution in [3.8, 4) is 0 Å². The molecule has 1 atom stereocenters. The summed E-state index contributed by atoms with van der Waals surface area (Å²) in [4.78, 5) is 15.2. The molecule has 0 unspecified atom stereocenters. The Balaban J connectivity index is 1.78. The molecule has 2 aliphatic heterocycles. The fourth-order valence-electron chi connectivity index (χ4n) is 3.27. The van der Waals surface area contributed by atoms with Crippen molar-refractivity contribution in [3.05, 3.63) is 23.8 Å². The van der Waals surface area contributed by atoms with E-state index < -0.39 is 33.7 Å². The molecule has 1 aromatic carbocycles. The van der Waals surface area contributed by atoms with Crippen LogP contribution in [-0.2, 0) is 14.6 Å². The van der Waals surface area contributed by atoms with E-state index in [2.05, 4.69) is 5.32 Å². The van der Waals surface area contributed by atoms with E-state index >= 15 is 0 Å². The molecule has 0 aliphatic carbocycles. The Hall–Kier alpha value is -2.01. The molecule has 28 heavy (non-hydrogen) atoms. The highest BCUT2D eigenvalue weighted by molar-refractivity contribution is 7.91. The van der Waals surface area contributed by atoms with Gasteiger partial charge in [-0.3, -0.25) is 4.90 Å². The van der Waals surface area contributed by atoms with E-state index in [1.165, 1.54) is 4.90 Å². The van der Waals surface area contributed by atoms with Gasteiger partial charge in [-0.15, -0.1) is 0 Å². The molecule has 0 radical (unpaired) electrons. The van der Waals surface area contributed by atoms with Crippen LogP contribution in [0, 0.1) is 11.6 Å². The monoisotopic (exact) mass is 433 g/mol. The molecular formula is C17H21F2N3O4S2. The maximum atomic E-state index is 14.7. The third-order valence-corrected chi connectivity index (χ3v) is 6.50. The minimum absolute atomic E-state index is 0.00105. The number of thiocarbonyl (C=S) groups is 1. The molecule has 1 aromatic rings. The van der Waals surface area contributed by atoms with Gasteiger partial charge in [-0.05, 0) is 13.3 Å². The van der Waals surface area contributed by atoms with Gasteiger partial charge in [0, 0.05) is 25.2 Å². The van der Waals surface area contributed by atoms with Gasteiger partial charge in [-0.2, -0.15) is 0 Å². The number of anilines is 2. The Morgan fingerprint density at radius 3 is 2.61 bits per heavy atom. The Morgan fingerprint density at radius 2 is 1.96 bits per heavy atom. The maximum absolute atomic E-state index is 14.7. The predicted molar refractivity (Wildman–Crippen MR) is 106 cm³/mol. The lowest BCUT2D eigenvalue weighted by molar-refractivity contribution is 0.143. The minimum atomic E-state index is -3.20. The SMILES string of the molecule is CC(=S)NC[C@H]1CN(c2cc(F)c(N3CCCS(=O)(=O)CC3)c(F)c2)C(=O)O1. The molecule has 2 aliphatic rings. The molecule has 2 heterocycles. The third kappa shape index (κ3) is 4.69. The second-order valence-electron chi connectivity index (χ2n) is 6.80. The number of amides is 1. The van der Waals surface area contributed by atoms with Crippen molar-refractivity contribution in [1.29, 1.82) is 0 Å². The zero-order chi connectivity index (χ0) is 20.5. The summed E-state index contributed by atoms with van der Waals surface area (Å²) < 4.78 is 58.1. The first-order valence-electron chi connectivity index (χ1n) is 8.83. The fourth-order valence-corrected chi connectivity index (χ4v) is 4.62. The van der Waals surface area contributed by atoms with Gasteiger partial charge < -0.3 is 15.0 Å². The topological polar surface area (TPSA) is 79.0 Å². The van der Waals surface area contributed by atoms with Crippen molar-refractivity contribution in [2.24, 2.45) is 0 Å². The Morgan fingerprint density at radius 1 is 1.29 bits per heavy atom. The number of carbonyl (C=O) groups excluding carboxylic acids is 1. The number of carbonyl (C=O) groups is 1. The molecule has 1 N–H and O–H groups in total. The number of benzene rings is 1. The maximum Gasteiger partial charge on any atom is 0.414 e. The molecule has 7 nitrogen and oxygen atoms in total. The quantitative estimate of drug-likeness (QED) is 0.726. The summed E-state index contributed by atoms with van der Waals surface area (Å²) in [6.07, 6.45) is -0.886. The highest BCUT2D eigenvalue weighted by Crippen LogP contribution is 2.31. The lowest BCUT2D eigenvalue weighted by Crippen LogP contribution is -2.33. The normalized spacial score (nSPS) is 22.0. The number of sulfone groups is 1. The van der Waals surface area contributed by atoms with E-state index in [0.717, 1.165) is 17.0 Å². The predicted octanol–water partition coefficient (Wildman–Crippen LogP) is 1.85. The second-order valence-corrected chi connectivity index (χ2v) is 9.72. The van der Waals surface area contributed by atoms with Gasteiger partial charge >= 0.3 is 6.09 Å². The zero-order valence-corrected chi connectivity index (χ0v) is 16.9. The summed E-state index contributed by atoms with van der Waals surface area (Å²) in [5, 5.41) is 2.89. The zero-order valence-electron chi connectivity index (χ0n) is 15.3. The number of nitrogens with zero attached hydrogens (tertiary/aromatic N) is 2. The van der Waals surface area contributed by atoms with Crippen LogP contribution in [0.25, 0.3) is 0 Å². The third-order valence-electron chi connectivity index (χ3n) is 4.64. The van der Waals surface area contributed by atoms with E-state index in [-0.39, 0.29) is 42.5 Å². The number of cyclic esters (lactones) is 1. The summed E-state index contributed by atoms with van der Waals surface area (Å²) in [6.45, 7) is 2.40. The van der Waals surface area contributed by atoms with Crippen molar-refractivity contribution < 1.29 is 26.7 Å². The van der Waals surface area contributed by atoms with E-state index in [4.69, 9.17) is 17.0 Å². The van der Waals surface area contributed by atoms with E-state index in [9.17, 15) is 22.0 Å². The summed E-state index contributed by atoms with van der Waals surface area (Å²) in [6, 6.07) is 2.14.